The Balaban J connectivity index is 2.26. The van der Waals surface area contributed by atoms with Crippen molar-refractivity contribution in [3.63, 3.8) is 0 Å². The fraction of sp³-hybridized carbons (Fsp3) is 0.235. The van der Waals surface area contributed by atoms with Gasteiger partial charge in [0.25, 0.3) is 5.91 Å². The third-order valence-electron chi connectivity index (χ3n) is 3.74. The van der Waals surface area contributed by atoms with Crippen LogP contribution in [-0.2, 0) is 0 Å². The second-order valence-corrected chi connectivity index (χ2v) is 5.61. The summed E-state index contributed by atoms with van der Waals surface area (Å²) < 4.78 is 0. The van der Waals surface area contributed by atoms with Crippen LogP contribution >= 0.6 is 11.6 Å². The number of hydrogen-bond acceptors (Lipinski definition) is 2. The highest BCUT2D eigenvalue weighted by atomic mass is 35.5. The van der Waals surface area contributed by atoms with Crippen LogP contribution in [0.3, 0.4) is 0 Å². The summed E-state index contributed by atoms with van der Waals surface area (Å²) in [5.74, 6) is -0.136. The van der Waals surface area contributed by atoms with Crippen molar-refractivity contribution in [3.05, 3.63) is 64.2 Å². The third-order valence-corrected chi connectivity index (χ3v) is 4.07. The largest absolute Gasteiger partial charge is 0.397 e. The van der Waals surface area contributed by atoms with Crippen LogP contribution in [0.25, 0.3) is 0 Å². The Kier molecular flexibility index (Phi) is 4.53. The predicted octanol–water partition coefficient (Wildman–Crippen LogP) is 4.06. The van der Waals surface area contributed by atoms with Crippen molar-refractivity contribution in [1.29, 1.82) is 0 Å². The highest BCUT2D eigenvalue weighted by molar-refractivity contribution is 6.33. The van der Waals surface area contributed by atoms with Crippen LogP contribution in [0.15, 0.2) is 42.5 Å². The number of aryl methyl sites for hydroxylation is 1. The molecule has 0 aliphatic rings. The second-order valence-electron chi connectivity index (χ2n) is 5.20. The summed E-state index contributed by atoms with van der Waals surface area (Å²) in [4.78, 5) is 14.3. The van der Waals surface area contributed by atoms with Crippen molar-refractivity contribution in [2.75, 3.05) is 12.8 Å². The van der Waals surface area contributed by atoms with Gasteiger partial charge in [0.05, 0.1) is 22.3 Å². The number of benzene rings is 2. The number of nitrogen functional groups attached to an aromatic ring is 1. The first-order valence-electron chi connectivity index (χ1n) is 6.79. The Morgan fingerprint density at radius 3 is 2.43 bits per heavy atom. The smallest absolute Gasteiger partial charge is 0.256 e. The summed E-state index contributed by atoms with van der Waals surface area (Å²) in [6.45, 7) is 4.03. The van der Waals surface area contributed by atoms with Crippen molar-refractivity contribution >= 4 is 23.2 Å². The molecule has 2 aromatic carbocycles. The Hall–Kier alpha value is -2.00. The van der Waals surface area contributed by atoms with E-state index in [1.165, 1.54) is 5.56 Å². The SMILES string of the molecule is Cc1ccc(C(C)N(C)C(=O)c2cccc(Cl)c2N)cc1. The first-order chi connectivity index (χ1) is 9.91. The summed E-state index contributed by atoms with van der Waals surface area (Å²) in [6.07, 6.45) is 0. The maximum absolute atomic E-state index is 12.6. The number of nitrogens with zero attached hydrogens (tertiary/aromatic N) is 1. The molecule has 0 aliphatic heterocycles. The lowest BCUT2D eigenvalue weighted by Gasteiger charge is -2.26. The molecule has 0 saturated heterocycles. The number of amides is 1. The van der Waals surface area contributed by atoms with Crippen LogP contribution in [0.1, 0.15) is 34.5 Å². The molecule has 1 atom stereocenters. The fourth-order valence-corrected chi connectivity index (χ4v) is 2.33. The molecule has 2 aromatic rings. The molecule has 0 spiro atoms. The van der Waals surface area contributed by atoms with E-state index in [4.69, 9.17) is 17.3 Å². The van der Waals surface area contributed by atoms with Crippen LogP contribution in [0.2, 0.25) is 5.02 Å². The van der Waals surface area contributed by atoms with Crippen molar-refractivity contribution in [1.82, 2.24) is 4.90 Å². The van der Waals surface area contributed by atoms with Crippen molar-refractivity contribution < 1.29 is 4.79 Å². The Bertz CT molecular complexity index is 652. The molecule has 3 nitrogen and oxygen atoms in total. The van der Waals surface area contributed by atoms with E-state index >= 15 is 0 Å². The first kappa shape index (κ1) is 15.4. The van der Waals surface area contributed by atoms with Crippen LogP contribution in [0, 0.1) is 6.92 Å². The molecule has 0 saturated carbocycles. The zero-order chi connectivity index (χ0) is 15.6. The predicted molar refractivity (Wildman–Crippen MR) is 87.6 cm³/mol. The summed E-state index contributed by atoms with van der Waals surface area (Å²) in [5.41, 5.74) is 8.93. The topological polar surface area (TPSA) is 46.3 Å². The Labute approximate surface area is 130 Å². The molecule has 1 unspecified atom stereocenters. The van der Waals surface area contributed by atoms with Crippen LogP contribution in [0.4, 0.5) is 5.69 Å². The van der Waals surface area contributed by atoms with E-state index in [-0.39, 0.29) is 11.9 Å². The number of nitrogens with two attached hydrogens (primary N) is 1. The van der Waals surface area contributed by atoms with Crippen LogP contribution in [-0.4, -0.2) is 17.9 Å². The van der Waals surface area contributed by atoms with Gasteiger partial charge in [-0.05, 0) is 31.5 Å². The van der Waals surface area contributed by atoms with Gasteiger partial charge in [0.15, 0.2) is 0 Å². The lowest BCUT2D eigenvalue weighted by molar-refractivity contribution is 0.0743. The first-order valence-corrected chi connectivity index (χ1v) is 7.17. The van der Waals surface area contributed by atoms with E-state index in [0.717, 1.165) is 5.56 Å². The molecular weight excluding hydrogens is 284 g/mol. The Morgan fingerprint density at radius 2 is 1.81 bits per heavy atom. The maximum Gasteiger partial charge on any atom is 0.256 e. The molecular formula is C17H19ClN2O. The summed E-state index contributed by atoms with van der Waals surface area (Å²) in [6, 6.07) is 13.2. The molecule has 2 N–H and O–H groups in total. The molecule has 0 aliphatic carbocycles. The highest BCUT2D eigenvalue weighted by Gasteiger charge is 2.21. The number of rotatable bonds is 3. The van der Waals surface area contributed by atoms with E-state index in [1.807, 2.05) is 38.1 Å². The average molecular weight is 303 g/mol. The number of carbonyl (C=O) groups is 1. The van der Waals surface area contributed by atoms with Gasteiger partial charge in [-0.1, -0.05) is 47.5 Å². The molecule has 1 amide bonds. The molecule has 0 aromatic heterocycles. The summed E-state index contributed by atoms with van der Waals surface area (Å²) in [5, 5.41) is 0.400. The summed E-state index contributed by atoms with van der Waals surface area (Å²) in [7, 11) is 1.77. The Morgan fingerprint density at radius 1 is 1.19 bits per heavy atom. The molecule has 0 radical (unpaired) electrons. The van der Waals surface area contributed by atoms with E-state index in [1.54, 1.807) is 30.1 Å². The van der Waals surface area contributed by atoms with Crippen LogP contribution < -0.4 is 5.73 Å². The molecule has 0 heterocycles. The molecule has 2 rings (SSSR count). The van der Waals surface area contributed by atoms with Gasteiger partial charge in [0, 0.05) is 7.05 Å². The number of para-hydroxylation sites is 1. The van der Waals surface area contributed by atoms with Gasteiger partial charge in [0.1, 0.15) is 0 Å². The van der Waals surface area contributed by atoms with Gasteiger partial charge < -0.3 is 10.6 Å². The van der Waals surface area contributed by atoms with Gasteiger partial charge in [-0.25, -0.2) is 0 Å². The number of hydrogen-bond donors (Lipinski definition) is 1. The lowest BCUT2D eigenvalue weighted by Crippen LogP contribution is -2.30. The minimum absolute atomic E-state index is 0.0449. The summed E-state index contributed by atoms with van der Waals surface area (Å²) >= 11 is 5.98. The van der Waals surface area contributed by atoms with E-state index in [2.05, 4.69) is 0 Å². The zero-order valence-electron chi connectivity index (χ0n) is 12.4. The lowest BCUT2D eigenvalue weighted by atomic mass is 10.0. The van der Waals surface area contributed by atoms with Gasteiger partial charge in [-0.2, -0.15) is 0 Å². The zero-order valence-corrected chi connectivity index (χ0v) is 13.2. The van der Waals surface area contributed by atoms with Gasteiger partial charge in [0.2, 0.25) is 0 Å². The number of anilines is 1. The molecule has 110 valence electrons. The number of carbonyl (C=O) groups excluding carboxylic acids is 1. The molecule has 0 bridgehead atoms. The average Bonchev–Trinajstić information content (AvgIpc) is 2.48. The van der Waals surface area contributed by atoms with Gasteiger partial charge in [-0.15, -0.1) is 0 Å². The quantitative estimate of drug-likeness (QED) is 0.869. The van der Waals surface area contributed by atoms with E-state index in [9.17, 15) is 4.79 Å². The van der Waals surface area contributed by atoms with Gasteiger partial charge >= 0.3 is 0 Å². The van der Waals surface area contributed by atoms with Crippen molar-refractivity contribution in [2.45, 2.75) is 19.9 Å². The number of halogens is 1. The normalized spacial score (nSPS) is 12.0. The van der Waals surface area contributed by atoms with Crippen molar-refractivity contribution in [3.8, 4) is 0 Å². The molecule has 4 heteroatoms. The van der Waals surface area contributed by atoms with Gasteiger partial charge in [-0.3, -0.25) is 4.79 Å². The standard InChI is InChI=1S/C17H19ClN2O/c1-11-7-9-13(10-8-11)12(2)20(3)17(21)14-5-4-6-15(18)16(14)19/h4-10,12H,19H2,1-3H3. The van der Waals surface area contributed by atoms with Crippen LogP contribution in [0.5, 0.6) is 0 Å². The minimum Gasteiger partial charge on any atom is -0.397 e. The highest BCUT2D eigenvalue weighted by Crippen LogP contribution is 2.26. The monoisotopic (exact) mass is 302 g/mol. The second kappa shape index (κ2) is 6.19. The molecule has 0 fully saturated rings. The van der Waals surface area contributed by atoms with E-state index < -0.39 is 0 Å². The van der Waals surface area contributed by atoms with Crippen molar-refractivity contribution in [2.24, 2.45) is 0 Å². The van der Waals surface area contributed by atoms with E-state index in [0.29, 0.717) is 16.3 Å². The fourth-order valence-electron chi connectivity index (χ4n) is 2.16. The molecule has 21 heavy (non-hydrogen) atoms. The maximum atomic E-state index is 12.6. The minimum atomic E-state index is -0.136. The third kappa shape index (κ3) is 3.19.